The Morgan fingerprint density at radius 1 is 0.182 bits per heavy atom. The van der Waals surface area contributed by atoms with Crippen LogP contribution in [0.4, 0.5) is 34.1 Å². The number of benzene rings is 14. The standard InChI is InChI=1S/C97H76N2/c1-95(2)89-55-65(39-41-67-45-51-85-87-53-47-81(63-93(87)96(3,4)91(85)57-67)98(77-35-19-31-73(59-77)69-23-11-7-12-24-69)78-36-20-32-74(60-78)70-25-13-8-14-26-70)43-49-83(89)84-50-44-66(56-90(84)95)40-42-68-46-52-86-88-54-48-82(64-94(88)97(5,6)92(86)58-68)99(79-37-21-33-75(61-79)71-27-15-9-16-28-71)80-38-22-34-76(62-80)72-29-17-10-18-30-72/h7-64H,1-6H3/b41-39+,42-40+. The predicted molar refractivity (Wildman–Crippen MR) is 421 cm³/mol. The lowest BCUT2D eigenvalue weighted by Gasteiger charge is -2.29. The van der Waals surface area contributed by atoms with Gasteiger partial charge in [0.05, 0.1) is 0 Å². The second-order valence-corrected chi connectivity index (χ2v) is 28.6. The summed E-state index contributed by atoms with van der Waals surface area (Å²) in [6.45, 7) is 14.3. The van der Waals surface area contributed by atoms with Crippen molar-refractivity contribution in [3.8, 4) is 77.9 Å². The average molecular weight is 1270 g/mol. The Bertz CT molecular complexity index is 5010. The molecule has 0 unspecified atom stereocenters. The number of hydrogen-bond acceptors (Lipinski definition) is 2. The summed E-state index contributed by atoms with van der Waals surface area (Å²) in [5.41, 5.74) is 36.3. The molecule has 0 aliphatic heterocycles. The van der Waals surface area contributed by atoms with Crippen LogP contribution >= 0.6 is 0 Å². The van der Waals surface area contributed by atoms with Crippen molar-refractivity contribution in [1.29, 1.82) is 0 Å². The molecule has 0 bridgehead atoms. The van der Waals surface area contributed by atoms with E-state index in [-0.39, 0.29) is 16.2 Å². The van der Waals surface area contributed by atoms with Gasteiger partial charge in [0.1, 0.15) is 0 Å². The Labute approximate surface area is 583 Å². The van der Waals surface area contributed by atoms with E-state index in [2.05, 4.69) is 403 Å². The summed E-state index contributed by atoms with van der Waals surface area (Å²) < 4.78 is 0. The van der Waals surface area contributed by atoms with E-state index in [1.165, 1.54) is 134 Å². The van der Waals surface area contributed by atoms with E-state index in [9.17, 15) is 0 Å². The third-order valence-corrected chi connectivity index (χ3v) is 21.4. The van der Waals surface area contributed by atoms with E-state index >= 15 is 0 Å². The fourth-order valence-electron chi connectivity index (χ4n) is 16.1. The molecule has 17 rings (SSSR count). The number of anilines is 6. The lowest BCUT2D eigenvalue weighted by atomic mass is 9.81. The SMILES string of the molecule is CC1(C)c2cc(/C=C/c3ccc4c(c3)C(C)(C)c3cc(N(c5cccc(-c6ccccc6)c5)c5cccc(-c6ccccc6)c5)ccc3-4)ccc2-c2ccc(/C=C/c3ccc4c(c3)C(C)(C)c3cc(N(c5cccc(-c6ccccc6)c5)c5cccc(-c6ccccc6)c5)ccc3-4)cc21. The largest absolute Gasteiger partial charge is 0.310 e. The fourth-order valence-corrected chi connectivity index (χ4v) is 16.1. The molecule has 14 aromatic rings. The molecule has 0 aromatic heterocycles. The van der Waals surface area contributed by atoms with Gasteiger partial charge < -0.3 is 9.80 Å². The number of nitrogens with zero attached hydrogens (tertiary/aromatic N) is 2. The number of rotatable bonds is 14. The molecule has 0 N–H and O–H groups in total. The summed E-state index contributed by atoms with van der Waals surface area (Å²) in [6.07, 6.45) is 9.21. The van der Waals surface area contributed by atoms with Gasteiger partial charge in [-0.3, -0.25) is 0 Å². The maximum absolute atomic E-state index is 2.44. The van der Waals surface area contributed by atoms with Gasteiger partial charge in [0.25, 0.3) is 0 Å². The molecule has 0 saturated carbocycles. The van der Waals surface area contributed by atoms with Gasteiger partial charge in [-0.05, 0) is 206 Å². The molecule has 0 atom stereocenters. The summed E-state index contributed by atoms with van der Waals surface area (Å²) in [5.74, 6) is 0. The van der Waals surface area contributed by atoms with Crippen LogP contribution in [0, 0.1) is 0 Å². The Morgan fingerprint density at radius 3 is 0.626 bits per heavy atom. The van der Waals surface area contributed by atoms with Crippen molar-refractivity contribution < 1.29 is 0 Å². The van der Waals surface area contributed by atoms with Gasteiger partial charge in [-0.25, -0.2) is 0 Å². The minimum absolute atomic E-state index is 0.182. The molecule has 0 amide bonds. The van der Waals surface area contributed by atoms with Crippen LogP contribution in [0.3, 0.4) is 0 Å². The van der Waals surface area contributed by atoms with Gasteiger partial charge in [-0.2, -0.15) is 0 Å². The van der Waals surface area contributed by atoms with Crippen molar-refractivity contribution in [2.75, 3.05) is 9.80 Å². The molecular weight excluding hydrogens is 1190 g/mol. The second-order valence-electron chi connectivity index (χ2n) is 28.6. The van der Waals surface area contributed by atoms with Gasteiger partial charge in [0.2, 0.25) is 0 Å². The molecule has 0 spiro atoms. The van der Waals surface area contributed by atoms with Crippen LogP contribution in [0.5, 0.6) is 0 Å². The lowest BCUT2D eigenvalue weighted by Crippen LogP contribution is -2.16. The molecular formula is C97H76N2. The third-order valence-electron chi connectivity index (χ3n) is 21.4. The highest BCUT2D eigenvalue weighted by molar-refractivity contribution is 5.92. The Kier molecular flexibility index (Phi) is 15.0. The van der Waals surface area contributed by atoms with Crippen molar-refractivity contribution in [2.45, 2.75) is 57.8 Å². The summed E-state index contributed by atoms with van der Waals surface area (Å²) >= 11 is 0. The van der Waals surface area contributed by atoms with E-state index in [0.29, 0.717) is 0 Å². The van der Waals surface area contributed by atoms with Crippen LogP contribution in [-0.2, 0) is 16.2 Å². The first-order chi connectivity index (χ1) is 48.3. The quantitative estimate of drug-likeness (QED) is 0.100. The van der Waals surface area contributed by atoms with Crippen LogP contribution in [0.25, 0.3) is 102 Å². The van der Waals surface area contributed by atoms with Crippen LogP contribution < -0.4 is 9.80 Å². The monoisotopic (exact) mass is 1270 g/mol. The van der Waals surface area contributed by atoms with Crippen LogP contribution in [-0.4, -0.2) is 0 Å². The summed E-state index contributed by atoms with van der Waals surface area (Å²) in [7, 11) is 0. The van der Waals surface area contributed by atoms with Crippen molar-refractivity contribution in [2.24, 2.45) is 0 Å². The first-order valence-electron chi connectivity index (χ1n) is 34.8. The zero-order valence-electron chi connectivity index (χ0n) is 56.9. The molecule has 2 heteroatoms. The van der Waals surface area contributed by atoms with Crippen LogP contribution in [0.15, 0.2) is 328 Å². The molecule has 3 aliphatic rings. The van der Waals surface area contributed by atoms with Crippen LogP contribution in [0.1, 0.15) is 97.2 Å². The Morgan fingerprint density at radius 2 is 0.384 bits per heavy atom. The van der Waals surface area contributed by atoms with Gasteiger partial charge in [-0.15, -0.1) is 0 Å². The molecule has 0 heterocycles. The molecule has 474 valence electrons. The molecule has 2 nitrogen and oxygen atoms in total. The number of hydrogen-bond donors (Lipinski definition) is 0. The summed E-state index contributed by atoms with van der Waals surface area (Å²) in [5, 5.41) is 0. The minimum Gasteiger partial charge on any atom is -0.310 e. The molecule has 0 saturated heterocycles. The topological polar surface area (TPSA) is 6.48 Å². The van der Waals surface area contributed by atoms with Crippen molar-refractivity contribution in [1.82, 2.24) is 0 Å². The van der Waals surface area contributed by atoms with E-state index in [4.69, 9.17) is 0 Å². The van der Waals surface area contributed by atoms with E-state index in [1.807, 2.05) is 0 Å². The lowest BCUT2D eigenvalue weighted by molar-refractivity contribution is 0.660. The smallest absolute Gasteiger partial charge is 0.0467 e. The second kappa shape index (κ2) is 24.4. The molecule has 0 fully saturated rings. The first-order valence-corrected chi connectivity index (χ1v) is 34.8. The minimum atomic E-state index is -0.235. The summed E-state index contributed by atoms with van der Waals surface area (Å²) in [6, 6.07) is 121. The third kappa shape index (κ3) is 10.9. The van der Waals surface area contributed by atoms with Crippen LogP contribution in [0.2, 0.25) is 0 Å². The van der Waals surface area contributed by atoms with E-state index < -0.39 is 0 Å². The van der Waals surface area contributed by atoms with Gasteiger partial charge in [-0.1, -0.05) is 321 Å². The Balaban J connectivity index is 0.616. The zero-order valence-corrected chi connectivity index (χ0v) is 56.9. The average Bonchev–Trinajstić information content (AvgIpc) is 1.60. The molecule has 0 radical (unpaired) electrons. The predicted octanol–water partition coefficient (Wildman–Crippen LogP) is 26.6. The van der Waals surface area contributed by atoms with Crippen molar-refractivity contribution in [3.63, 3.8) is 0 Å². The van der Waals surface area contributed by atoms with Gasteiger partial charge in [0.15, 0.2) is 0 Å². The highest BCUT2D eigenvalue weighted by Gasteiger charge is 2.39. The maximum Gasteiger partial charge on any atom is 0.0467 e. The Hall–Kier alpha value is -11.8. The summed E-state index contributed by atoms with van der Waals surface area (Å²) in [4.78, 5) is 4.86. The highest BCUT2D eigenvalue weighted by atomic mass is 15.1. The van der Waals surface area contributed by atoms with Crippen molar-refractivity contribution in [3.05, 3.63) is 383 Å². The molecule has 3 aliphatic carbocycles. The van der Waals surface area contributed by atoms with E-state index in [0.717, 1.165) is 34.1 Å². The number of fused-ring (bicyclic) bond motifs is 9. The van der Waals surface area contributed by atoms with Gasteiger partial charge >= 0.3 is 0 Å². The zero-order chi connectivity index (χ0) is 67.0. The molecule has 99 heavy (non-hydrogen) atoms. The maximum atomic E-state index is 2.44. The normalized spacial score (nSPS) is 13.9. The van der Waals surface area contributed by atoms with E-state index in [1.54, 1.807) is 0 Å². The molecule has 14 aromatic carbocycles. The fraction of sp³-hybridized carbons (Fsp3) is 0.0928. The first kappa shape index (κ1) is 60.8. The highest BCUT2D eigenvalue weighted by Crippen LogP contribution is 2.55. The van der Waals surface area contributed by atoms with Crippen molar-refractivity contribution >= 4 is 58.4 Å². The van der Waals surface area contributed by atoms with Gasteiger partial charge in [0, 0.05) is 50.4 Å².